The molecule has 5 heteroatoms. The number of amides is 1. The van der Waals surface area contributed by atoms with E-state index in [0.717, 1.165) is 42.9 Å². The lowest BCUT2D eigenvalue weighted by Gasteiger charge is -2.22. The van der Waals surface area contributed by atoms with E-state index in [2.05, 4.69) is 0 Å². The Balaban J connectivity index is 1.70. The fourth-order valence-electron chi connectivity index (χ4n) is 3.23. The molecule has 1 heterocycles. The highest BCUT2D eigenvalue weighted by atomic mass is 32.2. The number of hydrogen-bond acceptors (Lipinski definition) is 4. The van der Waals surface area contributed by atoms with Crippen LogP contribution in [0, 0.1) is 0 Å². The molecule has 0 radical (unpaired) electrons. The molecule has 1 aromatic rings. The average molecular weight is 390 g/mol. The highest BCUT2D eigenvalue weighted by Gasteiger charge is 2.28. The molecule has 1 amide bonds. The van der Waals surface area contributed by atoms with Crippen LogP contribution in [0.15, 0.2) is 42.5 Å². The van der Waals surface area contributed by atoms with Crippen LogP contribution in [0.3, 0.4) is 0 Å². The molecular formula is C22H31NO3S. The van der Waals surface area contributed by atoms with Gasteiger partial charge in [-0.25, -0.2) is 0 Å². The molecular weight excluding hydrogens is 358 g/mol. The van der Waals surface area contributed by atoms with Gasteiger partial charge in [0.25, 0.3) is 0 Å². The quantitative estimate of drug-likeness (QED) is 0.438. The Morgan fingerprint density at radius 1 is 1.30 bits per heavy atom. The van der Waals surface area contributed by atoms with Gasteiger partial charge in [0.2, 0.25) is 5.91 Å². The molecule has 1 N–H and O–H groups in total. The number of aliphatic hydroxyl groups excluding tert-OH is 1. The van der Waals surface area contributed by atoms with Crippen LogP contribution in [-0.4, -0.2) is 51.9 Å². The summed E-state index contributed by atoms with van der Waals surface area (Å²) in [5, 5.41) is 10.2. The molecule has 27 heavy (non-hydrogen) atoms. The van der Waals surface area contributed by atoms with Gasteiger partial charge < -0.3 is 10.0 Å². The van der Waals surface area contributed by atoms with Gasteiger partial charge in [-0.1, -0.05) is 42.5 Å². The van der Waals surface area contributed by atoms with Crippen molar-refractivity contribution in [2.45, 2.75) is 57.6 Å². The maximum atomic E-state index is 12.1. The lowest BCUT2D eigenvalue weighted by molar-refractivity contribution is -0.128. The molecule has 1 aliphatic heterocycles. The molecule has 4 nitrogen and oxygen atoms in total. The fraction of sp³-hybridized carbons (Fsp3) is 0.545. The van der Waals surface area contributed by atoms with Crippen molar-refractivity contribution in [2.24, 2.45) is 0 Å². The summed E-state index contributed by atoms with van der Waals surface area (Å²) >= 11 is 1.81. The number of aliphatic hydroxyl groups is 1. The first-order valence-electron chi connectivity index (χ1n) is 9.83. The number of benzene rings is 1. The van der Waals surface area contributed by atoms with Crippen molar-refractivity contribution in [3.8, 4) is 0 Å². The third-order valence-corrected chi connectivity index (χ3v) is 5.82. The third-order valence-electron chi connectivity index (χ3n) is 4.75. The standard InChI is InChI=1S/C22H31NO3S/c1-18(24)13-16-27-15-6-5-14-23-20(10-12-22(23)26)9-11-21(25)17-19-7-3-2-4-8-19/h2-4,7-9,11,20-21,25H,5-6,10,12-17H2,1H3/b11-9+/t20-,21?/m0/s1. The number of carbonyl (C=O) groups excluding carboxylic acids is 2. The highest BCUT2D eigenvalue weighted by molar-refractivity contribution is 7.99. The van der Waals surface area contributed by atoms with Crippen molar-refractivity contribution in [3.05, 3.63) is 48.0 Å². The monoisotopic (exact) mass is 389 g/mol. The Kier molecular flexibility index (Phi) is 9.64. The Morgan fingerprint density at radius 3 is 2.81 bits per heavy atom. The van der Waals surface area contributed by atoms with Gasteiger partial charge in [-0.3, -0.25) is 9.59 Å². The van der Waals surface area contributed by atoms with Crippen LogP contribution in [0.25, 0.3) is 0 Å². The van der Waals surface area contributed by atoms with Crippen LogP contribution in [0.1, 0.15) is 44.6 Å². The number of hydrogen-bond donors (Lipinski definition) is 1. The summed E-state index contributed by atoms with van der Waals surface area (Å²) < 4.78 is 0. The lowest BCUT2D eigenvalue weighted by atomic mass is 10.1. The maximum Gasteiger partial charge on any atom is 0.223 e. The highest BCUT2D eigenvalue weighted by Crippen LogP contribution is 2.21. The van der Waals surface area contributed by atoms with Gasteiger partial charge in [0.05, 0.1) is 12.1 Å². The number of thioether (sulfide) groups is 1. The van der Waals surface area contributed by atoms with Crippen LogP contribution < -0.4 is 0 Å². The van der Waals surface area contributed by atoms with E-state index >= 15 is 0 Å². The van der Waals surface area contributed by atoms with Crippen LogP contribution >= 0.6 is 11.8 Å². The van der Waals surface area contributed by atoms with E-state index in [-0.39, 0.29) is 17.7 Å². The molecule has 0 spiro atoms. The molecule has 0 aromatic heterocycles. The summed E-state index contributed by atoms with van der Waals surface area (Å²) in [6, 6.07) is 10.0. The summed E-state index contributed by atoms with van der Waals surface area (Å²) in [7, 11) is 0. The van der Waals surface area contributed by atoms with E-state index in [0.29, 0.717) is 19.3 Å². The summed E-state index contributed by atoms with van der Waals surface area (Å²) in [6.07, 6.45) is 8.01. The number of carbonyl (C=O) groups is 2. The van der Waals surface area contributed by atoms with Crippen molar-refractivity contribution >= 4 is 23.5 Å². The summed E-state index contributed by atoms with van der Waals surface area (Å²) in [6.45, 7) is 2.40. The van der Waals surface area contributed by atoms with E-state index in [1.807, 2.05) is 59.1 Å². The molecule has 2 atom stereocenters. The first-order chi connectivity index (χ1) is 13.1. The zero-order chi connectivity index (χ0) is 19.5. The van der Waals surface area contributed by atoms with Gasteiger partial charge in [-0.05, 0) is 37.5 Å². The molecule has 148 valence electrons. The van der Waals surface area contributed by atoms with E-state index in [1.165, 1.54) is 0 Å². The molecule has 1 aromatic carbocycles. The third kappa shape index (κ3) is 8.31. The second-order valence-corrected chi connectivity index (χ2v) is 8.33. The minimum Gasteiger partial charge on any atom is -0.389 e. The Morgan fingerprint density at radius 2 is 2.07 bits per heavy atom. The minimum atomic E-state index is -0.525. The fourth-order valence-corrected chi connectivity index (χ4v) is 4.27. The summed E-state index contributed by atoms with van der Waals surface area (Å²) in [4.78, 5) is 25.0. The van der Waals surface area contributed by atoms with Crippen molar-refractivity contribution in [1.29, 1.82) is 0 Å². The largest absolute Gasteiger partial charge is 0.389 e. The predicted octanol–water partition coefficient (Wildman–Crippen LogP) is 3.63. The maximum absolute atomic E-state index is 12.1. The molecule has 1 unspecified atom stereocenters. The molecule has 0 bridgehead atoms. The number of rotatable bonds is 12. The molecule has 0 aliphatic carbocycles. The van der Waals surface area contributed by atoms with Crippen LogP contribution in [-0.2, 0) is 16.0 Å². The van der Waals surface area contributed by atoms with Gasteiger partial charge in [-0.2, -0.15) is 11.8 Å². The molecule has 1 saturated heterocycles. The Labute approximate surface area is 167 Å². The van der Waals surface area contributed by atoms with Gasteiger partial charge in [0.1, 0.15) is 5.78 Å². The number of nitrogens with zero attached hydrogens (tertiary/aromatic N) is 1. The van der Waals surface area contributed by atoms with Crippen LogP contribution in [0.5, 0.6) is 0 Å². The smallest absolute Gasteiger partial charge is 0.223 e. The zero-order valence-corrected chi connectivity index (χ0v) is 17.0. The molecule has 1 aliphatic rings. The number of likely N-dealkylation sites (tertiary alicyclic amines) is 1. The van der Waals surface area contributed by atoms with Gasteiger partial charge in [0, 0.05) is 31.6 Å². The number of Topliss-reactive ketones (excluding diaryl/α,β-unsaturated/α-hetero) is 1. The van der Waals surface area contributed by atoms with E-state index in [9.17, 15) is 14.7 Å². The first kappa shape index (κ1) is 21.7. The molecule has 1 fully saturated rings. The second kappa shape index (κ2) is 12.0. The zero-order valence-electron chi connectivity index (χ0n) is 16.2. The summed E-state index contributed by atoms with van der Waals surface area (Å²) in [5.74, 6) is 2.38. The molecule has 0 saturated carbocycles. The normalized spacial score (nSPS) is 18.4. The summed E-state index contributed by atoms with van der Waals surface area (Å²) in [5.41, 5.74) is 1.11. The van der Waals surface area contributed by atoms with Crippen molar-refractivity contribution in [3.63, 3.8) is 0 Å². The van der Waals surface area contributed by atoms with Crippen molar-refractivity contribution in [1.82, 2.24) is 4.90 Å². The van der Waals surface area contributed by atoms with Gasteiger partial charge >= 0.3 is 0 Å². The minimum absolute atomic E-state index is 0.105. The van der Waals surface area contributed by atoms with Crippen molar-refractivity contribution in [2.75, 3.05) is 18.1 Å². The van der Waals surface area contributed by atoms with Gasteiger partial charge in [-0.15, -0.1) is 0 Å². The average Bonchev–Trinajstić information content (AvgIpc) is 2.99. The second-order valence-electron chi connectivity index (χ2n) is 7.11. The Bertz CT molecular complexity index is 617. The van der Waals surface area contributed by atoms with Crippen LogP contribution in [0.2, 0.25) is 0 Å². The van der Waals surface area contributed by atoms with E-state index in [1.54, 1.807) is 6.92 Å². The first-order valence-corrected chi connectivity index (χ1v) is 11.0. The lowest BCUT2D eigenvalue weighted by Crippen LogP contribution is -2.33. The van der Waals surface area contributed by atoms with E-state index < -0.39 is 6.10 Å². The van der Waals surface area contributed by atoms with Gasteiger partial charge in [0.15, 0.2) is 0 Å². The number of ketones is 1. The molecule has 2 rings (SSSR count). The predicted molar refractivity (Wildman–Crippen MR) is 112 cm³/mol. The van der Waals surface area contributed by atoms with Crippen molar-refractivity contribution < 1.29 is 14.7 Å². The van der Waals surface area contributed by atoms with E-state index in [4.69, 9.17) is 0 Å². The van der Waals surface area contributed by atoms with Crippen LogP contribution in [0.4, 0.5) is 0 Å². The topological polar surface area (TPSA) is 57.6 Å². The Hall–Kier alpha value is -1.59. The number of unbranched alkanes of at least 4 members (excludes halogenated alkanes) is 1. The SMILES string of the molecule is CC(=O)CCSCCCCN1C(=O)CC[C@@H]1/C=C/C(O)Cc1ccccc1.